The zero-order valence-electron chi connectivity index (χ0n) is 11.9. The van der Waals surface area contributed by atoms with Crippen molar-refractivity contribution in [1.29, 1.82) is 0 Å². The first-order valence-electron chi connectivity index (χ1n) is 6.59. The number of primary amides is 1. The summed E-state index contributed by atoms with van der Waals surface area (Å²) >= 11 is 3.36. The number of nitrogens with one attached hydrogen (secondary N) is 1. The average molecular weight is 363 g/mol. The van der Waals surface area contributed by atoms with Gasteiger partial charge in [0.1, 0.15) is 5.75 Å². The molecule has 0 spiro atoms. The van der Waals surface area contributed by atoms with Crippen LogP contribution in [0.15, 0.2) is 53.0 Å². The smallest absolute Gasteiger partial charge is 0.265 e. The predicted octanol–water partition coefficient (Wildman–Crippen LogP) is 2.95. The molecule has 22 heavy (non-hydrogen) atoms. The molecule has 1 atom stereocenters. The van der Waals surface area contributed by atoms with Gasteiger partial charge in [-0.15, -0.1) is 0 Å². The van der Waals surface area contributed by atoms with Gasteiger partial charge < -0.3 is 15.8 Å². The number of hydrogen-bond donors (Lipinski definition) is 2. The fourth-order valence-corrected chi connectivity index (χ4v) is 2.12. The van der Waals surface area contributed by atoms with E-state index >= 15 is 0 Å². The van der Waals surface area contributed by atoms with Gasteiger partial charge in [-0.3, -0.25) is 9.59 Å². The fraction of sp³-hybridized carbons (Fsp3) is 0.125. The first-order valence-corrected chi connectivity index (χ1v) is 7.38. The van der Waals surface area contributed by atoms with Gasteiger partial charge in [0.05, 0.1) is 4.47 Å². The fourth-order valence-electron chi connectivity index (χ4n) is 1.75. The van der Waals surface area contributed by atoms with E-state index in [1.54, 1.807) is 37.3 Å². The number of halogens is 1. The van der Waals surface area contributed by atoms with E-state index in [2.05, 4.69) is 21.2 Å². The van der Waals surface area contributed by atoms with Crippen LogP contribution < -0.4 is 15.8 Å². The van der Waals surface area contributed by atoms with Crippen LogP contribution in [-0.4, -0.2) is 17.9 Å². The second kappa shape index (κ2) is 7.09. The van der Waals surface area contributed by atoms with Crippen LogP contribution in [0.1, 0.15) is 17.3 Å². The highest BCUT2D eigenvalue weighted by atomic mass is 79.9. The van der Waals surface area contributed by atoms with Crippen molar-refractivity contribution in [3.8, 4) is 5.75 Å². The van der Waals surface area contributed by atoms with Gasteiger partial charge in [-0.05, 0) is 59.3 Å². The predicted molar refractivity (Wildman–Crippen MR) is 87.8 cm³/mol. The topological polar surface area (TPSA) is 81.4 Å². The lowest BCUT2D eigenvalue weighted by Crippen LogP contribution is -2.30. The molecule has 6 heteroatoms. The normalized spacial score (nSPS) is 11.5. The molecule has 0 aliphatic heterocycles. The minimum atomic E-state index is -0.672. The van der Waals surface area contributed by atoms with E-state index in [0.717, 1.165) is 4.47 Å². The van der Waals surface area contributed by atoms with E-state index in [4.69, 9.17) is 10.5 Å². The maximum Gasteiger partial charge on any atom is 0.265 e. The lowest BCUT2D eigenvalue weighted by Gasteiger charge is -2.15. The molecule has 1 unspecified atom stereocenters. The number of carbonyl (C=O) groups excluding carboxylic acids is 2. The van der Waals surface area contributed by atoms with Crippen LogP contribution in [-0.2, 0) is 4.79 Å². The average Bonchev–Trinajstić information content (AvgIpc) is 2.50. The van der Waals surface area contributed by atoms with E-state index in [1.165, 1.54) is 0 Å². The van der Waals surface area contributed by atoms with Crippen LogP contribution in [0.4, 0.5) is 5.69 Å². The minimum Gasteiger partial charge on any atom is -0.480 e. The summed E-state index contributed by atoms with van der Waals surface area (Å²) in [4.78, 5) is 23.1. The number of hydrogen-bond acceptors (Lipinski definition) is 3. The van der Waals surface area contributed by atoms with Crippen LogP contribution in [0, 0.1) is 0 Å². The van der Waals surface area contributed by atoms with Gasteiger partial charge >= 0.3 is 0 Å². The van der Waals surface area contributed by atoms with Crippen LogP contribution in [0.25, 0.3) is 0 Å². The lowest BCUT2D eigenvalue weighted by atomic mass is 10.2. The molecule has 2 rings (SSSR count). The molecule has 2 aromatic carbocycles. The lowest BCUT2D eigenvalue weighted by molar-refractivity contribution is -0.122. The van der Waals surface area contributed by atoms with Crippen molar-refractivity contribution < 1.29 is 14.3 Å². The number of para-hydroxylation sites is 1. The van der Waals surface area contributed by atoms with Crippen LogP contribution in [0.3, 0.4) is 0 Å². The quantitative estimate of drug-likeness (QED) is 0.857. The summed E-state index contributed by atoms with van der Waals surface area (Å²) in [5.41, 5.74) is 6.11. The van der Waals surface area contributed by atoms with Crippen molar-refractivity contribution in [1.82, 2.24) is 0 Å². The first kappa shape index (κ1) is 16.0. The van der Waals surface area contributed by atoms with Gasteiger partial charge in [-0.25, -0.2) is 0 Å². The van der Waals surface area contributed by atoms with Crippen LogP contribution in [0.2, 0.25) is 0 Å². The van der Waals surface area contributed by atoms with Gasteiger partial charge in [0.15, 0.2) is 6.10 Å². The number of carbonyl (C=O) groups is 2. The molecule has 2 amide bonds. The Balaban J connectivity index is 1.99. The van der Waals surface area contributed by atoms with Gasteiger partial charge in [0.2, 0.25) is 5.91 Å². The molecule has 5 nitrogen and oxygen atoms in total. The summed E-state index contributed by atoms with van der Waals surface area (Å²) in [5, 5.41) is 2.72. The van der Waals surface area contributed by atoms with Gasteiger partial charge in [-0.1, -0.05) is 12.1 Å². The minimum absolute atomic E-state index is 0.289. The zero-order chi connectivity index (χ0) is 16.1. The van der Waals surface area contributed by atoms with E-state index in [1.807, 2.05) is 18.2 Å². The van der Waals surface area contributed by atoms with Gasteiger partial charge in [-0.2, -0.15) is 0 Å². The molecule has 0 heterocycles. The van der Waals surface area contributed by atoms with Crippen molar-refractivity contribution >= 4 is 33.4 Å². The molecule has 0 aromatic heterocycles. The number of anilines is 1. The second-order valence-electron chi connectivity index (χ2n) is 4.62. The molecule has 0 fully saturated rings. The maximum atomic E-state index is 12.1. The third kappa shape index (κ3) is 4.08. The Morgan fingerprint density at radius 2 is 1.77 bits per heavy atom. The Hall–Kier alpha value is -2.34. The number of nitrogens with two attached hydrogens (primary N) is 1. The van der Waals surface area contributed by atoms with Crippen molar-refractivity contribution in [2.75, 3.05) is 5.32 Å². The molecule has 0 saturated heterocycles. The summed E-state index contributed by atoms with van der Waals surface area (Å²) < 4.78 is 6.39. The standard InChI is InChI=1S/C16H15BrN2O3/c1-10(22-14-5-3-2-4-13(14)17)16(21)19-12-8-6-11(7-9-12)15(18)20/h2-10H,1H3,(H2,18,20)(H,19,21). The summed E-state index contributed by atoms with van der Waals surface area (Å²) in [6.07, 6.45) is -0.672. The molecular formula is C16H15BrN2O3. The molecule has 2 aromatic rings. The number of amides is 2. The molecular weight excluding hydrogens is 348 g/mol. The Morgan fingerprint density at radius 1 is 1.14 bits per heavy atom. The van der Waals surface area contributed by atoms with Gasteiger partial charge in [0, 0.05) is 11.3 Å². The molecule has 0 aliphatic rings. The molecule has 0 saturated carbocycles. The van der Waals surface area contributed by atoms with Crippen molar-refractivity contribution in [2.24, 2.45) is 5.73 Å². The highest BCUT2D eigenvalue weighted by Gasteiger charge is 2.16. The molecule has 0 bridgehead atoms. The Kier molecular flexibility index (Phi) is 5.16. The number of rotatable bonds is 5. The molecule has 114 valence electrons. The third-order valence-corrected chi connectivity index (χ3v) is 3.60. The monoisotopic (exact) mass is 362 g/mol. The third-order valence-electron chi connectivity index (χ3n) is 2.95. The molecule has 0 radical (unpaired) electrons. The first-order chi connectivity index (χ1) is 10.5. The van der Waals surface area contributed by atoms with E-state index in [0.29, 0.717) is 17.0 Å². The largest absolute Gasteiger partial charge is 0.480 e. The van der Waals surface area contributed by atoms with E-state index in [-0.39, 0.29) is 5.91 Å². The number of ether oxygens (including phenoxy) is 1. The zero-order valence-corrected chi connectivity index (χ0v) is 13.5. The highest BCUT2D eigenvalue weighted by molar-refractivity contribution is 9.10. The molecule has 0 aliphatic carbocycles. The highest BCUT2D eigenvalue weighted by Crippen LogP contribution is 2.25. The Morgan fingerprint density at radius 3 is 2.36 bits per heavy atom. The van der Waals surface area contributed by atoms with E-state index < -0.39 is 12.0 Å². The van der Waals surface area contributed by atoms with Crippen molar-refractivity contribution in [3.05, 3.63) is 58.6 Å². The Bertz CT molecular complexity index is 686. The SMILES string of the molecule is CC(Oc1ccccc1Br)C(=O)Nc1ccc(C(N)=O)cc1. The van der Waals surface area contributed by atoms with Crippen LogP contribution in [0.5, 0.6) is 5.75 Å². The van der Waals surface area contributed by atoms with Gasteiger partial charge in [0.25, 0.3) is 5.91 Å². The van der Waals surface area contributed by atoms with Crippen molar-refractivity contribution in [2.45, 2.75) is 13.0 Å². The summed E-state index contributed by atoms with van der Waals surface area (Å²) in [6.45, 7) is 1.66. The van der Waals surface area contributed by atoms with Crippen LogP contribution >= 0.6 is 15.9 Å². The number of benzene rings is 2. The summed E-state index contributed by atoms with van der Waals surface area (Å²) in [6, 6.07) is 13.6. The second-order valence-corrected chi connectivity index (χ2v) is 5.48. The summed E-state index contributed by atoms with van der Waals surface area (Å²) in [5.74, 6) is -0.208. The summed E-state index contributed by atoms with van der Waals surface area (Å²) in [7, 11) is 0. The van der Waals surface area contributed by atoms with Crippen molar-refractivity contribution in [3.63, 3.8) is 0 Å². The molecule has 3 N–H and O–H groups in total. The maximum absolute atomic E-state index is 12.1. The Labute approximate surface area is 136 Å². The van der Waals surface area contributed by atoms with E-state index in [9.17, 15) is 9.59 Å².